The van der Waals surface area contributed by atoms with Crippen molar-refractivity contribution in [3.8, 4) is 11.8 Å². The highest BCUT2D eigenvalue weighted by atomic mass is 19.1. The summed E-state index contributed by atoms with van der Waals surface area (Å²) in [6.07, 6.45) is 8.72. The van der Waals surface area contributed by atoms with Gasteiger partial charge in [-0.25, -0.2) is 4.39 Å². The van der Waals surface area contributed by atoms with Crippen LogP contribution in [-0.2, 0) is 11.8 Å². The Labute approximate surface area is 277 Å². The van der Waals surface area contributed by atoms with Crippen LogP contribution in [0.1, 0.15) is 88.5 Å². The van der Waals surface area contributed by atoms with Gasteiger partial charge in [-0.1, -0.05) is 83.2 Å². The number of hydrogen-bond acceptors (Lipinski definition) is 4. The molecule has 46 heavy (non-hydrogen) atoms. The molecule has 4 nitrogen and oxygen atoms in total. The Hall–Kier alpha value is -4.04. The predicted octanol–water partition coefficient (Wildman–Crippen LogP) is 10.4. The average Bonchev–Trinajstić information content (AvgIpc) is 3.66. The molecule has 5 rings (SSSR count). The molecule has 0 amide bonds. The summed E-state index contributed by atoms with van der Waals surface area (Å²) in [5.41, 5.74) is 8.01. The van der Waals surface area contributed by atoms with Gasteiger partial charge >= 0.3 is 0 Å². The molecule has 0 bridgehead atoms. The summed E-state index contributed by atoms with van der Waals surface area (Å²) in [7, 11) is 1.43. The third-order valence-electron chi connectivity index (χ3n) is 10.3. The second-order valence-electron chi connectivity index (χ2n) is 13.1. The number of hydrogen-bond donors (Lipinski definition) is 1. The lowest BCUT2D eigenvalue weighted by Gasteiger charge is -2.35. The van der Waals surface area contributed by atoms with Crippen LogP contribution in [0.25, 0.3) is 5.70 Å². The molecule has 2 fully saturated rings. The number of nitrogens with zero attached hydrogens (tertiary/aromatic N) is 2. The summed E-state index contributed by atoms with van der Waals surface area (Å²) in [4.78, 5) is 2.51. The maximum Gasteiger partial charge on any atom is 0.165 e. The second-order valence-corrected chi connectivity index (χ2v) is 13.1. The van der Waals surface area contributed by atoms with Crippen LogP contribution in [0.4, 0.5) is 10.1 Å². The molecule has 0 radical (unpaired) electrons. The normalized spacial score (nSPS) is 20.6. The number of benzene rings is 3. The van der Waals surface area contributed by atoms with Crippen molar-refractivity contribution >= 4 is 11.4 Å². The van der Waals surface area contributed by atoms with Crippen LogP contribution < -0.4 is 10.1 Å². The number of allylic oxidation sites excluding steroid dienone is 1. The SMILES string of the molecule is C=C(C)Nc1ccc(F)c(OC)c1.C=C(c1ccccc1CC)N1CCC(CCC2C(C)C2(CCC)c2cccc(C#N)c2)CC1. The molecule has 0 aromatic heterocycles. The lowest BCUT2D eigenvalue weighted by atomic mass is 9.84. The molecule has 244 valence electrons. The van der Waals surface area contributed by atoms with Gasteiger partial charge in [0, 0.05) is 47.2 Å². The van der Waals surface area contributed by atoms with Crippen LogP contribution in [-0.4, -0.2) is 25.1 Å². The van der Waals surface area contributed by atoms with E-state index in [-0.39, 0.29) is 11.6 Å². The summed E-state index contributed by atoms with van der Waals surface area (Å²) in [5.74, 6) is 2.17. The summed E-state index contributed by atoms with van der Waals surface area (Å²) in [6.45, 7) is 19.2. The van der Waals surface area contributed by atoms with E-state index in [9.17, 15) is 9.65 Å². The molecule has 0 spiro atoms. The Morgan fingerprint density at radius 1 is 1.04 bits per heavy atom. The van der Waals surface area contributed by atoms with E-state index in [1.54, 1.807) is 12.1 Å². The molecule has 5 heteroatoms. The average molecular weight is 622 g/mol. The fourth-order valence-electron chi connectivity index (χ4n) is 7.73. The summed E-state index contributed by atoms with van der Waals surface area (Å²) < 4.78 is 17.8. The molecule has 3 aromatic carbocycles. The highest BCUT2D eigenvalue weighted by Gasteiger charge is 2.61. The number of rotatable bonds is 12. The maximum atomic E-state index is 12.9. The van der Waals surface area contributed by atoms with Crippen molar-refractivity contribution in [3.05, 3.63) is 114 Å². The predicted molar refractivity (Wildman–Crippen MR) is 190 cm³/mol. The first kappa shape index (κ1) is 34.8. The topological polar surface area (TPSA) is 48.3 Å². The van der Waals surface area contributed by atoms with Gasteiger partial charge in [0.05, 0.1) is 18.7 Å². The number of nitrogens with one attached hydrogen (secondary N) is 1. The number of methoxy groups -OCH3 is 1. The van der Waals surface area contributed by atoms with E-state index in [4.69, 9.17) is 4.74 Å². The number of nitriles is 1. The fraction of sp³-hybridized carbons (Fsp3) is 0.439. The van der Waals surface area contributed by atoms with Gasteiger partial charge in [-0.3, -0.25) is 0 Å². The third kappa shape index (κ3) is 8.02. The smallest absolute Gasteiger partial charge is 0.165 e. The third-order valence-corrected chi connectivity index (χ3v) is 10.3. The van der Waals surface area contributed by atoms with E-state index in [0.717, 1.165) is 54.2 Å². The molecule has 1 aliphatic carbocycles. The van der Waals surface area contributed by atoms with Crippen molar-refractivity contribution in [1.29, 1.82) is 5.26 Å². The first-order valence-electron chi connectivity index (χ1n) is 17.0. The van der Waals surface area contributed by atoms with Gasteiger partial charge in [0.15, 0.2) is 11.6 Å². The van der Waals surface area contributed by atoms with E-state index in [2.05, 4.69) is 92.7 Å². The van der Waals surface area contributed by atoms with E-state index < -0.39 is 0 Å². The van der Waals surface area contributed by atoms with Crippen LogP contribution in [0, 0.1) is 34.9 Å². The van der Waals surface area contributed by atoms with E-state index in [1.165, 1.54) is 74.1 Å². The zero-order chi connectivity index (χ0) is 33.3. The Morgan fingerprint density at radius 2 is 1.78 bits per heavy atom. The standard InChI is InChI=1S/C31H40N2.C10H12FNO/c1-5-18-31(28-12-9-10-26(21-28)22-32)23(3)30(31)15-14-25-16-19-33(20-17-25)24(4)29-13-8-7-11-27(29)6-2;1-7(2)12-8-4-5-9(11)10(6-8)13-3/h7-13,21,23,25,30H,4-6,14-20H2,1-3H3;4-6,12H,1H2,2-3H3. The van der Waals surface area contributed by atoms with Gasteiger partial charge < -0.3 is 15.0 Å². The van der Waals surface area contributed by atoms with Gasteiger partial charge in [0.1, 0.15) is 0 Å². The van der Waals surface area contributed by atoms with Gasteiger partial charge in [-0.15, -0.1) is 0 Å². The molecule has 3 unspecified atom stereocenters. The highest BCUT2D eigenvalue weighted by molar-refractivity contribution is 5.65. The quantitative estimate of drug-likeness (QED) is 0.219. The molecular formula is C41H52FN3O. The first-order chi connectivity index (χ1) is 22.2. The Balaban J connectivity index is 0.000000310. The van der Waals surface area contributed by atoms with Crippen LogP contribution in [0.3, 0.4) is 0 Å². The van der Waals surface area contributed by atoms with Crippen LogP contribution >= 0.6 is 0 Å². The molecule has 3 atom stereocenters. The zero-order valence-corrected chi connectivity index (χ0v) is 28.5. The Kier molecular flexibility index (Phi) is 12.1. The van der Waals surface area contributed by atoms with Crippen molar-refractivity contribution in [3.63, 3.8) is 0 Å². The highest BCUT2D eigenvalue weighted by Crippen LogP contribution is 2.64. The molecule has 1 N–H and O–H groups in total. The molecule has 1 aliphatic heterocycles. The zero-order valence-electron chi connectivity index (χ0n) is 28.5. The molecule has 1 heterocycles. The minimum atomic E-state index is -0.366. The Bertz CT molecular complexity index is 1530. The molecule has 1 saturated heterocycles. The van der Waals surface area contributed by atoms with Crippen molar-refractivity contribution in [2.45, 2.75) is 78.1 Å². The second kappa shape index (κ2) is 16.0. The number of likely N-dealkylation sites (tertiary alicyclic amines) is 1. The van der Waals surface area contributed by atoms with Gasteiger partial charge in [0.25, 0.3) is 0 Å². The van der Waals surface area contributed by atoms with E-state index in [1.807, 2.05) is 13.0 Å². The van der Waals surface area contributed by atoms with Gasteiger partial charge in [-0.05, 0) is 92.2 Å². The van der Waals surface area contributed by atoms with Gasteiger partial charge in [0.2, 0.25) is 0 Å². The maximum absolute atomic E-state index is 12.9. The number of piperidine rings is 1. The van der Waals surface area contributed by atoms with Crippen molar-refractivity contribution in [1.82, 2.24) is 4.90 Å². The lowest BCUT2D eigenvalue weighted by molar-refractivity contribution is 0.239. The summed E-state index contributed by atoms with van der Waals surface area (Å²) >= 11 is 0. The fourth-order valence-corrected chi connectivity index (χ4v) is 7.73. The van der Waals surface area contributed by atoms with Crippen molar-refractivity contribution in [2.24, 2.45) is 17.8 Å². The molecule has 3 aromatic rings. The molecule has 1 saturated carbocycles. The van der Waals surface area contributed by atoms with Crippen molar-refractivity contribution < 1.29 is 9.13 Å². The summed E-state index contributed by atoms with van der Waals surface area (Å²) in [5, 5.41) is 12.4. The summed E-state index contributed by atoms with van der Waals surface area (Å²) in [6, 6.07) is 24.1. The van der Waals surface area contributed by atoms with Crippen LogP contribution in [0.2, 0.25) is 0 Å². The van der Waals surface area contributed by atoms with Crippen molar-refractivity contribution in [2.75, 3.05) is 25.5 Å². The largest absolute Gasteiger partial charge is 0.494 e. The minimum absolute atomic E-state index is 0.228. The van der Waals surface area contributed by atoms with E-state index in [0.29, 0.717) is 5.41 Å². The molecule has 2 aliphatic rings. The first-order valence-corrected chi connectivity index (χ1v) is 17.0. The van der Waals surface area contributed by atoms with Crippen LogP contribution in [0.5, 0.6) is 5.75 Å². The van der Waals surface area contributed by atoms with Gasteiger partial charge in [-0.2, -0.15) is 5.26 Å². The number of halogens is 1. The number of aryl methyl sites for hydroxylation is 1. The van der Waals surface area contributed by atoms with E-state index >= 15 is 0 Å². The monoisotopic (exact) mass is 621 g/mol. The van der Waals surface area contributed by atoms with Crippen LogP contribution in [0.15, 0.2) is 85.6 Å². The number of ether oxygens (including phenoxy) is 1. The minimum Gasteiger partial charge on any atom is -0.494 e. The Morgan fingerprint density at radius 3 is 2.43 bits per heavy atom. The lowest BCUT2D eigenvalue weighted by Crippen LogP contribution is -2.32. The number of anilines is 1. The molecular weight excluding hydrogens is 569 g/mol.